The minimum Gasteiger partial charge on any atom is -0.345 e. The Labute approximate surface area is 136 Å². The maximum absolute atomic E-state index is 13.8. The first-order valence-electron chi connectivity index (χ1n) is 7.24. The van der Waals surface area contributed by atoms with Gasteiger partial charge in [0.25, 0.3) is 5.91 Å². The molecule has 0 saturated carbocycles. The third-order valence-corrected chi connectivity index (χ3v) is 4.71. The van der Waals surface area contributed by atoms with E-state index in [1.165, 1.54) is 17.8 Å². The quantitative estimate of drug-likeness (QED) is 0.668. The average molecular weight is 333 g/mol. The molecule has 7 heteroatoms. The number of thioether (sulfide) groups is 1. The Balaban J connectivity index is 1.91. The van der Waals surface area contributed by atoms with Gasteiger partial charge in [-0.1, -0.05) is 12.1 Å². The molecule has 1 aromatic heterocycles. The molecule has 0 aliphatic heterocycles. The number of rotatable bonds is 3. The van der Waals surface area contributed by atoms with E-state index < -0.39 is 5.69 Å². The van der Waals surface area contributed by atoms with Gasteiger partial charge < -0.3 is 10.3 Å². The van der Waals surface area contributed by atoms with Crippen molar-refractivity contribution in [3.8, 4) is 0 Å². The van der Waals surface area contributed by atoms with Crippen LogP contribution in [-0.4, -0.2) is 22.1 Å². The van der Waals surface area contributed by atoms with Crippen LogP contribution in [0.3, 0.4) is 0 Å². The highest BCUT2D eigenvalue weighted by Gasteiger charge is 2.28. The van der Waals surface area contributed by atoms with Crippen LogP contribution in [0.15, 0.2) is 28.0 Å². The molecular formula is C16H16FN3O2S. The van der Waals surface area contributed by atoms with Gasteiger partial charge in [0.2, 0.25) is 0 Å². The number of amides is 1. The number of hydrogen-bond donors (Lipinski definition) is 2. The number of nitrogens with one attached hydrogen (secondary N) is 2. The number of aromatic nitrogens is 2. The predicted molar refractivity (Wildman–Crippen MR) is 86.3 cm³/mol. The topological polar surface area (TPSA) is 74.8 Å². The molecule has 23 heavy (non-hydrogen) atoms. The Kier molecular flexibility index (Phi) is 4.21. The molecule has 1 aliphatic rings. The lowest BCUT2D eigenvalue weighted by molar-refractivity contribution is 0.0931. The molecule has 2 N–H and O–H groups in total. The second kappa shape index (κ2) is 6.16. The molecule has 120 valence electrons. The van der Waals surface area contributed by atoms with Crippen LogP contribution in [0.5, 0.6) is 0 Å². The molecule has 0 spiro atoms. The molecule has 0 radical (unpaired) electrons. The minimum absolute atomic E-state index is 0.228. The van der Waals surface area contributed by atoms with Crippen molar-refractivity contribution >= 4 is 17.7 Å². The van der Waals surface area contributed by atoms with Gasteiger partial charge in [-0.25, -0.2) is 9.18 Å². The molecule has 5 nitrogen and oxygen atoms in total. The van der Waals surface area contributed by atoms with Gasteiger partial charge >= 0.3 is 5.69 Å². The second-order valence-corrected chi connectivity index (χ2v) is 6.22. The van der Waals surface area contributed by atoms with E-state index in [1.807, 2.05) is 6.07 Å². The summed E-state index contributed by atoms with van der Waals surface area (Å²) in [7, 11) is 0. The van der Waals surface area contributed by atoms with E-state index in [-0.39, 0.29) is 17.8 Å². The van der Waals surface area contributed by atoms with E-state index in [1.54, 1.807) is 19.2 Å². The molecule has 0 unspecified atom stereocenters. The Morgan fingerprint density at radius 3 is 3.00 bits per heavy atom. The number of nitrogens with zero attached hydrogens (tertiary/aromatic N) is 1. The zero-order valence-electron chi connectivity index (χ0n) is 12.8. The molecule has 1 aliphatic carbocycles. The van der Waals surface area contributed by atoms with Crippen LogP contribution in [0.1, 0.15) is 39.6 Å². The Bertz CT molecular complexity index is 835. The fourth-order valence-electron chi connectivity index (χ4n) is 2.96. The summed E-state index contributed by atoms with van der Waals surface area (Å²) in [5, 5.41) is 3.32. The van der Waals surface area contributed by atoms with Crippen LogP contribution < -0.4 is 11.0 Å². The van der Waals surface area contributed by atoms with Gasteiger partial charge in [-0.2, -0.15) is 4.98 Å². The number of fused-ring (bicyclic) bond motifs is 1. The standard InChI is InChI=1S/C16H16FN3O2S/c1-8-13(15(23-2)20-16(22)18-8)14(21)19-12-7-6-9-10(12)4-3-5-11(9)17/h3-5,12H,6-7H2,1-2H3,(H,19,21)(H,18,20,22)/t12-/m1/s1. The SMILES string of the molecule is CSc1nc(=O)[nH]c(C)c1C(=O)N[C@@H]1CCc2c(F)cccc21. The maximum Gasteiger partial charge on any atom is 0.346 e. The first-order chi connectivity index (χ1) is 11.0. The summed E-state index contributed by atoms with van der Waals surface area (Å²) in [5.74, 6) is -0.538. The molecule has 2 aromatic rings. The van der Waals surface area contributed by atoms with Crippen molar-refractivity contribution in [3.05, 3.63) is 56.9 Å². The van der Waals surface area contributed by atoms with Gasteiger partial charge in [0.05, 0.1) is 11.6 Å². The summed E-state index contributed by atoms with van der Waals surface area (Å²) in [4.78, 5) is 30.4. The third-order valence-electron chi connectivity index (χ3n) is 4.03. The van der Waals surface area contributed by atoms with E-state index in [0.717, 1.165) is 5.56 Å². The molecule has 1 atom stereocenters. The van der Waals surface area contributed by atoms with Crippen LogP contribution in [0.25, 0.3) is 0 Å². The fourth-order valence-corrected chi connectivity index (χ4v) is 3.59. The Hall–Kier alpha value is -2.15. The molecular weight excluding hydrogens is 317 g/mol. The monoisotopic (exact) mass is 333 g/mol. The average Bonchev–Trinajstić information content (AvgIpc) is 2.90. The number of benzene rings is 1. The van der Waals surface area contributed by atoms with E-state index in [4.69, 9.17) is 0 Å². The first-order valence-corrected chi connectivity index (χ1v) is 8.46. The molecule has 1 aromatic carbocycles. The number of aromatic amines is 1. The number of hydrogen-bond acceptors (Lipinski definition) is 4. The van der Waals surface area contributed by atoms with Gasteiger partial charge in [-0.15, -0.1) is 11.8 Å². The summed E-state index contributed by atoms with van der Waals surface area (Å²) in [5.41, 5.74) is 1.85. The molecule has 1 heterocycles. The minimum atomic E-state index is -0.475. The van der Waals surface area contributed by atoms with Crippen molar-refractivity contribution in [1.29, 1.82) is 0 Å². The van der Waals surface area contributed by atoms with E-state index in [9.17, 15) is 14.0 Å². The van der Waals surface area contributed by atoms with Crippen molar-refractivity contribution in [2.24, 2.45) is 0 Å². The number of halogens is 1. The lowest BCUT2D eigenvalue weighted by Gasteiger charge is -2.16. The van der Waals surface area contributed by atoms with E-state index in [2.05, 4.69) is 15.3 Å². The predicted octanol–water partition coefficient (Wildman–Crippen LogP) is 2.36. The molecule has 1 amide bonds. The van der Waals surface area contributed by atoms with Crippen LogP contribution >= 0.6 is 11.8 Å². The van der Waals surface area contributed by atoms with Crippen molar-refractivity contribution in [2.75, 3.05) is 6.26 Å². The number of H-pyrrole nitrogens is 1. The number of aryl methyl sites for hydroxylation is 1. The highest BCUT2D eigenvalue weighted by atomic mass is 32.2. The summed E-state index contributed by atoms with van der Waals surface area (Å²) < 4.78 is 13.8. The summed E-state index contributed by atoms with van der Waals surface area (Å²) >= 11 is 1.25. The van der Waals surface area contributed by atoms with Crippen molar-refractivity contribution in [2.45, 2.75) is 30.8 Å². The lowest BCUT2D eigenvalue weighted by atomic mass is 10.1. The third kappa shape index (κ3) is 2.88. The van der Waals surface area contributed by atoms with Gasteiger partial charge in [0, 0.05) is 5.69 Å². The van der Waals surface area contributed by atoms with Crippen LogP contribution in [0.4, 0.5) is 4.39 Å². The van der Waals surface area contributed by atoms with Crippen LogP contribution in [0.2, 0.25) is 0 Å². The van der Waals surface area contributed by atoms with Gasteiger partial charge in [-0.05, 0) is 43.2 Å². The van der Waals surface area contributed by atoms with Crippen molar-refractivity contribution < 1.29 is 9.18 Å². The zero-order chi connectivity index (χ0) is 16.6. The molecule has 0 fully saturated rings. The lowest BCUT2D eigenvalue weighted by Crippen LogP contribution is -2.30. The van der Waals surface area contributed by atoms with E-state index in [0.29, 0.717) is 34.7 Å². The number of carbonyl (C=O) groups excluding carboxylic acids is 1. The first kappa shape index (κ1) is 15.7. The normalized spacial score (nSPS) is 16.2. The molecule has 0 bridgehead atoms. The summed E-state index contributed by atoms with van der Waals surface area (Å²) in [6.07, 6.45) is 3.02. The smallest absolute Gasteiger partial charge is 0.345 e. The largest absolute Gasteiger partial charge is 0.346 e. The second-order valence-electron chi connectivity index (χ2n) is 5.42. The Morgan fingerprint density at radius 1 is 1.48 bits per heavy atom. The highest BCUT2D eigenvalue weighted by molar-refractivity contribution is 7.98. The summed E-state index contributed by atoms with van der Waals surface area (Å²) in [6, 6.07) is 4.70. The molecule has 3 rings (SSSR count). The van der Waals surface area contributed by atoms with Crippen LogP contribution in [-0.2, 0) is 6.42 Å². The fraction of sp³-hybridized carbons (Fsp3) is 0.312. The number of carbonyl (C=O) groups is 1. The highest BCUT2D eigenvalue weighted by Crippen LogP contribution is 2.33. The Morgan fingerprint density at radius 2 is 2.26 bits per heavy atom. The van der Waals surface area contributed by atoms with Crippen molar-refractivity contribution in [3.63, 3.8) is 0 Å². The maximum atomic E-state index is 13.8. The zero-order valence-corrected chi connectivity index (χ0v) is 13.6. The summed E-state index contributed by atoms with van der Waals surface area (Å²) in [6.45, 7) is 1.67. The van der Waals surface area contributed by atoms with Gasteiger partial charge in [0.1, 0.15) is 10.8 Å². The van der Waals surface area contributed by atoms with Crippen molar-refractivity contribution in [1.82, 2.24) is 15.3 Å². The molecule has 0 saturated heterocycles. The van der Waals surface area contributed by atoms with E-state index >= 15 is 0 Å². The van der Waals surface area contributed by atoms with Crippen LogP contribution in [0, 0.1) is 12.7 Å². The van der Waals surface area contributed by atoms with Gasteiger partial charge in [-0.3, -0.25) is 4.79 Å². The van der Waals surface area contributed by atoms with Gasteiger partial charge in [0.15, 0.2) is 0 Å².